The van der Waals surface area contributed by atoms with Crippen LogP contribution < -0.4 is 15.7 Å². The number of methoxy groups -OCH3 is 1. The largest absolute Gasteiger partial charge is 0.497 e. The normalized spacial score (nSPS) is 11.2. The lowest BCUT2D eigenvalue weighted by atomic mass is 10.1. The zero-order valence-electron chi connectivity index (χ0n) is 16.9. The molecule has 3 aromatic heterocycles. The van der Waals surface area contributed by atoms with Crippen LogP contribution in [0.5, 0.6) is 5.75 Å². The van der Waals surface area contributed by atoms with Crippen LogP contribution in [0.3, 0.4) is 0 Å². The Hall–Kier alpha value is -4.11. The average molecular weight is 449 g/mol. The summed E-state index contributed by atoms with van der Waals surface area (Å²) in [4.78, 5) is 25.2. The van der Waals surface area contributed by atoms with Gasteiger partial charge in [-0.15, -0.1) is 5.10 Å². The molecule has 3 heterocycles. The molecule has 0 aliphatic heterocycles. The van der Waals surface area contributed by atoms with Crippen LogP contribution in [-0.4, -0.2) is 36.8 Å². The maximum absolute atomic E-state index is 12.8. The van der Waals surface area contributed by atoms with Gasteiger partial charge in [0.2, 0.25) is 5.91 Å². The van der Waals surface area contributed by atoms with Gasteiger partial charge in [-0.05, 0) is 48.5 Å². The number of hydrogen-bond acceptors (Lipinski definition) is 5. The molecule has 0 saturated carbocycles. The summed E-state index contributed by atoms with van der Waals surface area (Å²) in [6.07, 6.45) is 3.25. The molecule has 5 rings (SSSR count). The maximum atomic E-state index is 12.8. The number of nitrogens with one attached hydrogen (secondary N) is 1. The van der Waals surface area contributed by atoms with Gasteiger partial charge in [0.05, 0.1) is 12.8 Å². The minimum absolute atomic E-state index is 0.237. The Kier molecular flexibility index (Phi) is 4.87. The summed E-state index contributed by atoms with van der Waals surface area (Å²) in [5, 5.41) is 12.2. The van der Waals surface area contributed by atoms with E-state index in [9.17, 15) is 9.59 Å². The summed E-state index contributed by atoms with van der Waals surface area (Å²) in [5.74, 6) is 0.363. The number of benzene rings is 2. The van der Waals surface area contributed by atoms with Gasteiger partial charge in [0.15, 0.2) is 5.65 Å². The summed E-state index contributed by atoms with van der Waals surface area (Å²) >= 11 is 5.95. The molecule has 0 aliphatic rings. The quantitative estimate of drug-likeness (QED) is 0.446. The van der Waals surface area contributed by atoms with Crippen LogP contribution in [0, 0.1) is 0 Å². The first kappa shape index (κ1) is 19.8. The van der Waals surface area contributed by atoms with Crippen molar-refractivity contribution in [3.8, 4) is 17.0 Å². The Morgan fingerprint density at radius 2 is 1.91 bits per heavy atom. The van der Waals surface area contributed by atoms with E-state index in [0.29, 0.717) is 21.9 Å². The van der Waals surface area contributed by atoms with Crippen LogP contribution in [0.25, 0.3) is 22.4 Å². The molecule has 9 nitrogen and oxygen atoms in total. The molecular weight excluding hydrogens is 432 g/mol. The molecule has 0 radical (unpaired) electrons. The number of rotatable bonds is 5. The number of nitrogens with zero attached hydrogens (tertiary/aromatic N) is 5. The van der Waals surface area contributed by atoms with Crippen molar-refractivity contribution < 1.29 is 9.53 Å². The van der Waals surface area contributed by atoms with E-state index in [1.54, 1.807) is 48.3 Å². The predicted molar refractivity (Wildman–Crippen MR) is 120 cm³/mol. The molecule has 1 amide bonds. The summed E-state index contributed by atoms with van der Waals surface area (Å²) < 4.78 is 9.36. The van der Waals surface area contributed by atoms with Crippen molar-refractivity contribution in [2.75, 3.05) is 12.4 Å². The third-order valence-electron chi connectivity index (χ3n) is 4.98. The lowest BCUT2D eigenvalue weighted by Gasteiger charge is -2.04. The van der Waals surface area contributed by atoms with E-state index in [2.05, 4.69) is 15.5 Å². The predicted octanol–water partition coefficient (Wildman–Crippen LogP) is 3.11. The SMILES string of the molecule is COc1ccc(-c2cc3c4nn(CC(=O)Nc5cccc(Cl)c5)c(=O)n4ccn3n2)cc1. The van der Waals surface area contributed by atoms with Crippen molar-refractivity contribution in [2.24, 2.45) is 0 Å². The molecule has 0 saturated heterocycles. The number of carbonyl (C=O) groups is 1. The van der Waals surface area contributed by atoms with Gasteiger partial charge >= 0.3 is 5.69 Å². The van der Waals surface area contributed by atoms with Gasteiger partial charge in [-0.2, -0.15) is 5.10 Å². The second kappa shape index (κ2) is 7.86. The summed E-state index contributed by atoms with van der Waals surface area (Å²) in [6, 6.07) is 16.1. The fourth-order valence-corrected chi connectivity index (χ4v) is 3.63. The van der Waals surface area contributed by atoms with Crippen LogP contribution in [-0.2, 0) is 11.3 Å². The zero-order valence-corrected chi connectivity index (χ0v) is 17.7. The highest BCUT2D eigenvalue weighted by Gasteiger charge is 2.15. The lowest BCUT2D eigenvalue weighted by molar-refractivity contribution is -0.117. The fourth-order valence-electron chi connectivity index (χ4n) is 3.44. The van der Waals surface area contributed by atoms with Crippen molar-refractivity contribution in [2.45, 2.75) is 6.54 Å². The van der Waals surface area contributed by atoms with Gasteiger partial charge in [0.1, 0.15) is 17.8 Å². The molecule has 5 aromatic rings. The molecule has 160 valence electrons. The maximum Gasteiger partial charge on any atom is 0.350 e. The van der Waals surface area contributed by atoms with Crippen LogP contribution in [0.1, 0.15) is 0 Å². The molecule has 0 aliphatic carbocycles. The van der Waals surface area contributed by atoms with Gasteiger partial charge in [0, 0.05) is 28.7 Å². The Morgan fingerprint density at radius 1 is 1.09 bits per heavy atom. The summed E-state index contributed by atoms with van der Waals surface area (Å²) in [7, 11) is 1.61. The van der Waals surface area contributed by atoms with Crippen molar-refractivity contribution in [1.29, 1.82) is 0 Å². The number of amides is 1. The molecule has 0 atom stereocenters. The molecule has 0 unspecified atom stereocenters. The first-order valence-electron chi connectivity index (χ1n) is 9.69. The minimum Gasteiger partial charge on any atom is -0.497 e. The van der Waals surface area contributed by atoms with E-state index in [4.69, 9.17) is 16.3 Å². The van der Waals surface area contributed by atoms with E-state index >= 15 is 0 Å². The highest BCUT2D eigenvalue weighted by molar-refractivity contribution is 6.30. The first-order chi connectivity index (χ1) is 15.5. The Balaban J connectivity index is 1.48. The summed E-state index contributed by atoms with van der Waals surface area (Å²) in [6.45, 7) is -0.237. The van der Waals surface area contributed by atoms with Gasteiger partial charge in [0.25, 0.3) is 0 Å². The monoisotopic (exact) mass is 448 g/mol. The molecule has 0 fully saturated rings. The number of anilines is 1. The first-order valence-corrected chi connectivity index (χ1v) is 10.1. The Morgan fingerprint density at radius 3 is 2.66 bits per heavy atom. The fraction of sp³-hybridized carbons (Fsp3) is 0.0909. The van der Waals surface area contributed by atoms with E-state index < -0.39 is 5.69 Å². The number of ether oxygens (including phenoxy) is 1. The van der Waals surface area contributed by atoms with Crippen molar-refractivity contribution >= 4 is 34.4 Å². The topological polar surface area (TPSA) is 94.9 Å². The molecule has 1 N–H and O–H groups in total. The lowest BCUT2D eigenvalue weighted by Crippen LogP contribution is -2.28. The van der Waals surface area contributed by atoms with E-state index in [0.717, 1.165) is 21.7 Å². The van der Waals surface area contributed by atoms with Crippen LogP contribution in [0.4, 0.5) is 5.69 Å². The van der Waals surface area contributed by atoms with Crippen LogP contribution >= 0.6 is 11.6 Å². The van der Waals surface area contributed by atoms with E-state index in [-0.39, 0.29) is 12.5 Å². The number of hydrogen-bond donors (Lipinski definition) is 1. The Bertz CT molecular complexity index is 1520. The molecule has 10 heteroatoms. The van der Waals surface area contributed by atoms with Gasteiger partial charge in [-0.1, -0.05) is 17.7 Å². The molecule has 0 spiro atoms. The van der Waals surface area contributed by atoms with Crippen LogP contribution in [0.2, 0.25) is 5.02 Å². The third-order valence-corrected chi connectivity index (χ3v) is 5.21. The third kappa shape index (κ3) is 3.58. The van der Waals surface area contributed by atoms with Gasteiger partial charge in [-0.3, -0.25) is 4.79 Å². The standard InChI is InChI=1S/C22H17ClN6O3/c1-32-17-7-5-14(6-8-17)18-12-19-21-26-29(22(31)27(21)9-10-28(19)25-18)13-20(30)24-16-4-2-3-15(23)11-16/h2-12H,13H2,1H3,(H,24,30). The highest BCUT2D eigenvalue weighted by atomic mass is 35.5. The summed E-state index contributed by atoms with van der Waals surface area (Å²) in [5.41, 5.74) is 2.79. The zero-order chi connectivity index (χ0) is 22.2. The average Bonchev–Trinajstić information content (AvgIpc) is 3.35. The van der Waals surface area contributed by atoms with Crippen LogP contribution in [0.15, 0.2) is 71.8 Å². The van der Waals surface area contributed by atoms with E-state index in [1.807, 2.05) is 30.3 Å². The highest BCUT2D eigenvalue weighted by Crippen LogP contribution is 2.23. The number of halogens is 1. The van der Waals surface area contributed by atoms with Gasteiger partial charge in [-0.25, -0.2) is 18.4 Å². The van der Waals surface area contributed by atoms with Crippen molar-refractivity contribution in [1.82, 2.24) is 23.8 Å². The number of aromatic nitrogens is 5. The molecule has 2 aromatic carbocycles. The molecule has 0 bridgehead atoms. The second-order valence-corrected chi connectivity index (χ2v) is 7.51. The van der Waals surface area contributed by atoms with Crippen molar-refractivity contribution in [3.05, 3.63) is 82.5 Å². The smallest absolute Gasteiger partial charge is 0.350 e. The van der Waals surface area contributed by atoms with Gasteiger partial charge < -0.3 is 10.1 Å². The minimum atomic E-state index is -0.420. The molecule has 32 heavy (non-hydrogen) atoms. The molecular formula is C22H17ClN6O3. The number of fused-ring (bicyclic) bond motifs is 3. The van der Waals surface area contributed by atoms with Crippen molar-refractivity contribution in [3.63, 3.8) is 0 Å². The second-order valence-electron chi connectivity index (χ2n) is 7.08. The Labute approximate surface area is 186 Å². The van der Waals surface area contributed by atoms with E-state index in [1.165, 1.54) is 4.40 Å². The number of carbonyl (C=O) groups excluding carboxylic acids is 1.